The second-order valence-corrected chi connectivity index (χ2v) is 5.70. The first-order valence-electron chi connectivity index (χ1n) is 5.84. The van der Waals surface area contributed by atoms with Gasteiger partial charge in [0, 0.05) is 24.2 Å². The molecule has 0 fully saturated rings. The molecule has 2 aromatic heterocycles. The minimum Gasteiger partial charge on any atom is -0.386 e. The molecule has 0 unspecified atom stereocenters. The number of rotatable bonds is 5. The lowest BCUT2D eigenvalue weighted by Gasteiger charge is -2.09. The highest BCUT2D eigenvalue weighted by Gasteiger charge is 2.13. The van der Waals surface area contributed by atoms with E-state index in [1.807, 2.05) is 6.92 Å². The van der Waals surface area contributed by atoms with Gasteiger partial charge in [-0.1, -0.05) is 11.6 Å². The van der Waals surface area contributed by atoms with Crippen molar-refractivity contribution in [3.05, 3.63) is 39.3 Å². The van der Waals surface area contributed by atoms with Crippen LogP contribution in [0.3, 0.4) is 0 Å². The molecular weight excluding hydrogens is 286 g/mol. The maximum atomic E-state index is 11.8. The lowest BCUT2D eigenvalue weighted by atomic mass is 10.2. The number of nitrogens with zero attached hydrogens (tertiary/aromatic N) is 2. The molecule has 5 nitrogen and oxygen atoms in total. The van der Waals surface area contributed by atoms with Gasteiger partial charge >= 0.3 is 0 Å². The average molecular weight is 300 g/mol. The average Bonchev–Trinajstić information content (AvgIpc) is 3.04. The van der Waals surface area contributed by atoms with Crippen molar-refractivity contribution in [1.82, 2.24) is 15.1 Å². The van der Waals surface area contributed by atoms with Crippen LogP contribution in [0, 0.1) is 0 Å². The zero-order valence-corrected chi connectivity index (χ0v) is 11.9. The summed E-state index contributed by atoms with van der Waals surface area (Å²) in [5, 5.41) is 16.6. The Hall–Kier alpha value is -1.37. The van der Waals surface area contributed by atoms with Gasteiger partial charge in [-0.3, -0.25) is 9.48 Å². The predicted molar refractivity (Wildman–Crippen MR) is 74.5 cm³/mol. The highest BCUT2D eigenvalue weighted by atomic mass is 35.5. The van der Waals surface area contributed by atoms with E-state index in [9.17, 15) is 9.90 Å². The Morgan fingerprint density at radius 1 is 1.63 bits per heavy atom. The molecule has 2 rings (SSSR count). The normalized spacial score (nSPS) is 12.4. The van der Waals surface area contributed by atoms with Crippen LogP contribution in [0.15, 0.2) is 24.5 Å². The summed E-state index contributed by atoms with van der Waals surface area (Å²) >= 11 is 7.09. The van der Waals surface area contributed by atoms with Crippen molar-refractivity contribution in [2.75, 3.05) is 6.54 Å². The van der Waals surface area contributed by atoms with Gasteiger partial charge in [0.15, 0.2) is 0 Å². The molecule has 0 saturated carbocycles. The van der Waals surface area contributed by atoms with Crippen molar-refractivity contribution >= 4 is 28.8 Å². The van der Waals surface area contributed by atoms with E-state index in [1.165, 1.54) is 17.5 Å². The van der Waals surface area contributed by atoms with E-state index in [1.54, 1.807) is 23.0 Å². The molecule has 0 aliphatic rings. The van der Waals surface area contributed by atoms with E-state index in [2.05, 4.69) is 10.4 Å². The number of carbonyl (C=O) groups is 1. The van der Waals surface area contributed by atoms with Gasteiger partial charge in [-0.25, -0.2) is 0 Å². The number of hydrogen-bond acceptors (Lipinski definition) is 4. The first-order chi connectivity index (χ1) is 9.10. The summed E-state index contributed by atoms with van der Waals surface area (Å²) in [4.78, 5) is 12.5. The molecular formula is C12H14ClN3O2S. The molecule has 0 spiro atoms. The van der Waals surface area contributed by atoms with E-state index in [4.69, 9.17) is 11.6 Å². The Morgan fingerprint density at radius 3 is 3.00 bits per heavy atom. The van der Waals surface area contributed by atoms with Gasteiger partial charge in [0.05, 0.1) is 16.1 Å². The number of aromatic nitrogens is 2. The van der Waals surface area contributed by atoms with Crippen LogP contribution in [0.25, 0.3) is 0 Å². The lowest BCUT2D eigenvalue weighted by Crippen LogP contribution is -2.27. The summed E-state index contributed by atoms with van der Waals surface area (Å²) < 4.78 is 2.29. The van der Waals surface area contributed by atoms with Crippen LogP contribution in [0.2, 0.25) is 4.34 Å². The van der Waals surface area contributed by atoms with Crippen molar-refractivity contribution in [1.29, 1.82) is 0 Å². The number of halogens is 1. The Balaban J connectivity index is 1.89. The molecule has 2 aromatic rings. The molecule has 0 aliphatic carbocycles. The zero-order chi connectivity index (χ0) is 13.8. The maximum Gasteiger partial charge on any atom is 0.254 e. The van der Waals surface area contributed by atoms with E-state index in [-0.39, 0.29) is 12.5 Å². The topological polar surface area (TPSA) is 67.2 Å². The first kappa shape index (κ1) is 14.0. The van der Waals surface area contributed by atoms with Crippen molar-refractivity contribution in [2.24, 2.45) is 0 Å². The second-order valence-electron chi connectivity index (χ2n) is 3.95. The van der Waals surface area contributed by atoms with Crippen LogP contribution >= 0.6 is 22.9 Å². The highest BCUT2D eigenvalue weighted by molar-refractivity contribution is 7.16. The van der Waals surface area contributed by atoms with Crippen molar-refractivity contribution in [3.8, 4) is 0 Å². The van der Waals surface area contributed by atoms with E-state index >= 15 is 0 Å². The van der Waals surface area contributed by atoms with Gasteiger partial charge in [0.2, 0.25) is 0 Å². The smallest absolute Gasteiger partial charge is 0.254 e. The number of hydrogen-bond donors (Lipinski definition) is 2. The molecule has 0 saturated heterocycles. The minimum atomic E-state index is -0.748. The first-order valence-corrected chi connectivity index (χ1v) is 7.03. The standard InChI is InChI=1S/C12H14ClN3O2S/c1-2-16-7-8(5-15-16)12(18)14-6-9(17)10-3-4-11(13)19-10/h3-5,7,9,17H,2,6H2,1H3,(H,14,18)/t9-/m1/s1. The van der Waals surface area contributed by atoms with E-state index < -0.39 is 6.10 Å². The molecule has 102 valence electrons. The van der Waals surface area contributed by atoms with Crippen molar-refractivity contribution in [3.63, 3.8) is 0 Å². The SMILES string of the molecule is CCn1cc(C(=O)NC[C@@H](O)c2ccc(Cl)s2)cn1. The van der Waals surface area contributed by atoms with E-state index in [0.717, 1.165) is 4.88 Å². The predicted octanol–water partition coefficient (Wildman–Crippen LogP) is 2.08. The number of aliphatic hydroxyl groups excluding tert-OH is 1. The summed E-state index contributed by atoms with van der Waals surface area (Å²) in [6.07, 6.45) is 2.43. The third-order valence-corrected chi connectivity index (χ3v) is 3.93. The molecule has 0 bridgehead atoms. The van der Waals surface area contributed by atoms with Gasteiger partial charge < -0.3 is 10.4 Å². The van der Waals surface area contributed by atoms with Gasteiger partial charge in [0.1, 0.15) is 6.10 Å². The van der Waals surface area contributed by atoms with Crippen LogP contribution in [0.1, 0.15) is 28.3 Å². The van der Waals surface area contributed by atoms with Crippen LogP contribution in [-0.2, 0) is 6.54 Å². The molecule has 2 heterocycles. The summed E-state index contributed by atoms with van der Waals surface area (Å²) in [7, 11) is 0. The molecule has 7 heteroatoms. The molecule has 2 N–H and O–H groups in total. The third kappa shape index (κ3) is 3.56. The summed E-state index contributed by atoms with van der Waals surface area (Å²) in [5.74, 6) is -0.249. The zero-order valence-electron chi connectivity index (χ0n) is 10.3. The number of amides is 1. The summed E-state index contributed by atoms with van der Waals surface area (Å²) in [6, 6.07) is 3.47. The Morgan fingerprint density at radius 2 is 2.42 bits per heavy atom. The van der Waals surface area contributed by atoms with Crippen LogP contribution in [-0.4, -0.2) is 27.3 Å². The highest BCUT2D eigenvalue weighted by Crippen LogP contribution is 2.26. The van der Waals surface area contributed by atoms with Gasteiger partial charge in [-0.15, -0.1) is 11.3 Å². The quantitative estimate of drug-likeness (QED) is 0.888. The number of carbonyl (C=O) groups excluding carboxylic acids is 1. The fraction of sp³-hybridized carbons (Fsp3) is 0.333. The minimum absolute atomic E-state index is 0.146. The fourth-order valence-corrected chi connectivity index (χ4v) is 2.60. The van der Waals surface area contributed by atoms with Crippen molar-refractivity contribution in [2.45, 2.75) is 19.6 Å². The van der Waals surface area contributed by atoms with Crippen LogP contribution in [0.4, 0.5) is 0 Å². The van der Waals surface area contributed by atoms with Crippen LogP contribution in [0.5, 0.6) is 0 Å². The van der Waals surface area contributed by atoms with Crippen LogP contribution < -0.4 is 5.32 Å². The molecule has 0 aliphatic heterocycles. The number of aliphatic hydroxyl groups is 1. The third-order valence-electron chi connectivity index (χ3n) is 2.60. The largest absolute Gasteiger partial charge is 0.386 e. The van der Waals surface area contributed by atoms with Gasteiger partial charge in [0.25, 0.3) is 5.91 Å². The lowest BCUT2D eigenvalue weighted by molar-refractivity contribution is 0.0918. The number of nitrogens with one attached hydrogen (secondary N) is 1. The Bertz CT molecular complexity index is 567. The number of thiophene rings is 1. The Kier molecular flexibility index (Phi) is 4.57. The molecule has 19 heavy (non-hydrogen) atoms. The monoisotopic (exact) mass is 299 g/mol. The van der Waals surface area contributed by atoms with E-state index in [0.29, 0.717) is 16.4 Å². The Labute approximate surface area is 119 Å². The van der Waals surface area contributed by atoms with Crippen molar-refractivity contribution < 1.29 is 9.90 Å². The van der Waals surface area contributed by atoms with Gasteiger partial charge in [-0.2, -0.15) is 5.10 Å². The maximum absolute atomic E-state index is 11.8. The van der Waals surface area contributed by atoms with Gasteiger partial charge in [-0.05, 0) is 19.1 Å². The molecule has 0 radical (unpaired) electrons. The molecule has 0 aromatic carbocycles. The summed E-state index contributed by atoms with van der Waals surface area (Å²) in [6.45, 7) is 2.80. The second kappa shape index (κ2) is 6.18. The molecule has 1 amide bonds. The summed E-state index contributed by atoms with van der Waals surface area (Å²) in [5.41, 5.74) is 0.485. The fourth-order valence-electron chi connectivity index (χ4n) is 1.55. The molecule has 1 atom stereocenters. The number of aryl methyl sites for hydroxylation is 1.